The van der Waals surface area contributed by atoms with Gasteiger partial charge in [-0.05, 0) is 62.2 Å². The molecule has 0 unspecified atom stereocenters. The van der Waals surface area contributed by atoms with Crippen molar-refractivity contribution in [2.24, 2.45) is 0 Å². The molecule has 116 valence electrons. The van der Waals surface area contributed by atoms with Gasteiger partial charge in [-0.1, -0.05) is 0 Å². The van der Waals surface area contributed by atoms with Crippen LogP contribution in [0.15, 0.2) is 36.4 Å². The van der Waals surface area contributed by atoms with Gasteiger partial charge in [0, 0.05) is 43.2 Å². The van der Waals surface area contributed by atoms with Crippen LogP contribution in [0.4, 0.5) is 17.2 Å². The van der Waals surface area contributed by atoms with Crippen LogP contribution in [0.2, 0.25) is 0 Å². The van der Waals surface area contributed by atoms with Crippen molar-refractivity contribution in [3.63, 3.8) is 0 Å². The Bertz CT molecular complexity index is 616. The van der Waals surface area contributed by atoms with E-state index in [0.29, 0.717) is 0 Å². The standard InChI is InChI=1S/C18H24N4/c1-14-12-15(2)20-18(13-14)22-9-3-8-21(10-11-22)17-6-4-16(19)5-7-17/h4-7,12-13H,3,8-11,19H2,1-2H3. The van der Waals surface area contributed by atoms with Crippen LogP contribution in [0.5, 0.6) is 0 Å². The first kappa shape index (κ1) is 14.7. The summed E-state index contributed by atoms with van der Waals surface area (Å²) in [6, 6.07) is 12.5. The second-order valence-corrected chi connectivity index (χ2v) is 6.06. The number of anilines is 3. The Morgan fingerprint density at radius 3 is 2.32 bits per heavy atom. The number of benzene rings is 1. The lowest BCUT2D eigenvalue weighted by molar-refractivity contribution is 0.795. The molecule has 0 amide bonds. The van der Waals surface area contributed by atoms with Gasteiger partial charge in [0.25, 0.3) is 0 Å². The molecule has 3 rings (SSSR count). The molecule has 4 heteroatoms. The molecule has 1 fully saturated rings. The van der Waals surface area contributed by atoms with Crippen LogP contribution in [0.25, 0.3) is 0 Å². The summed E-state index contributed by atoms with van der Waals surface area (Å²) >= 11 is 0. The molecule has 1 aliphatic heterocycles. The monoisotopic (exact) mass is 296 g/mol. The van der Waals surface area contributed by atoms with E-state index in [2.05, 4.69) is 47.9 Å². The topological polar surface area (TPSA) is 45.4 Å². The van der Waals surface area contributed by atoms with E-state index in [9.17, 15) is 0 Å². The van der Waals surface area contributed by atoms with Crippen molar-refractivity contribution in [1.82, 2.24) is 4.98 Å². The van der Waals surface area contributed by atoms with Gasteiger partial charge in [0.15, 0.2) is 0 Å². The summed E-state index contributed by atoms with van der Waals surface area (Å²) in [4.78, 5) is 9.53. The molecular weight excluding hydrogens is 272 g/mol. The van der Waals surface area contributed by atoms with E-state index in [1.165, 1.54) is 11.3 Å². The summed E-state index contributed by atoms with van der Waals surface area (Å²) in [5.74, 6) is 1.11. The molecule has 2 aromatic rings. The fraction of sp³-hybridized carbons (Fsp3) is 0.389. The normalized spacial score (nSPS) is 15.7. The molecule has 0 radical (unpaired) electrons. The molecule has 0 bridgehead atoms. The summed E-state index contributed by atoms with van der Waals surface area (Å²) in [6.45, 7) is 8.34. The van der Waals surface area contributed by atoms with Crippen molar-refractivity contribution >= 4 is 17.2 Å². The molecular formula is C18H24N4. The fourth-order valence-corrected chi connectivity index (χ4v) is 3.07. The molecule has 0 spiro atoms. The molecule has 0 aliphatic carbocycles. The molecule has 0 atom stereocenters. The minimum absolute atomic E-state index is 0.819. The van der Waals surface area contributed by atoms with E-state index in [4.69, 9.17) is 10.7 Å². The van der Waals surface area contributed by atoms with Gasteiger partial charge >= 0.3 is 0 Å². The van der Waals surface area contributed by atoms with Crippen molar-refractivity contribution in [1.29, 1.82) is 0 Å². The molecule has 4 nitrogen and oxygen atoms in total. The molecule has 2 heterocycles. The molecule has 1 saturated heterocycles. The van der Waals surface area contributed by atoms with Gasteiger partial charge in [0.05, 0.1) is 0 Å². The number of aromatic nitrogens is 1. The summed E-state index contributed by atoms with van der Waals surface area (Å²) < 4.78 is 0. The molecule has 0 saturated carbocycles. The van der Waals surface area contributed by atoms with Gasteiger partial charge in [0.2, 0.25) is 0 Å². The highest BCUT2D eigenvalue weighted by molar-refractivity contribution is 5.54. The first-order chi connectivity index (χ1) is 10.6. The minimum Gasteiger partial charge on any atom is -0.399 e. The van der Waals surface area contributed by atoms with E-state index >= 15 is 0 Å². The van der Waals surface area contributed by atoms with Crippen LogP contribution in [0.3, 0.4) is 0 Å². The van der Waals surface area contributed by atoms with E-state index in [0.717, 1.165) is 49.8 Å². The van der Waals surface area contributed by atoms with Gasteiger partial charge in [-0.2, -0.15) is 0 Å². The Morgan fingerprint density at radius 2 is 1.59 bits per heavy atom. The predicted molar refractivity (Wildman–Crippen MR) is 93.6 cm³/mol. The number of nitrogen functional groups attached to an aromatic ring is 1. The zero-order chi connectivity index (χ0) is 15.5. The molecule has 1 aromatic heterocycles. The summed E-state index contributed by atoms with van der Waals surface area (Å²) in [5.41, 5.74) is 10.2. The molecule has 2 N–H and O–H groups in total. The minimum atomic E-state index is 0.819. The van der Waals surface area contributed by atoms with Crippen LogP contribution >= 0.6 is 0 Å². The van der Waals surface area contributed by atoms with Gasteiger partial charge < -0.3 is 15.5 Å². The zero-order valence-electron chi connectivity index (χ0n) is 13.4. The zero-order valence-corrected chi connectivity index (χ0v) is 13.4. The van der Waals surface area contributed by atoms with Crippen molar-refractivity contribution in [2.75, 3.05) is 41.7 Å². The van der Waals surface area contributed by atoms with Crippen LogP contribution in [-0.4, -0.2) is 31.2 Å². The largest absolute Gasteiger partial charge is 0.399 e. The Balaban J connectivity index is 1.73. The highest BCUT2D eigenvalue weighted by atomic mass is 15.2. The van der Waals surface area contributed by atoms with Crippen LogP contribution in [0, 0.1) is 13.8 Å². The number of pyridine rings is 1. The average molecular weight is 296 g/mol. The number of nitrogens with zero attached hydrogens (tertiary/aromatic N) is 3. The van der Waals surface area contributed by atoms with Gasteiger partial charge in [0.1, 0.15) is 5.82 Å². The molecule has 1 aliphatic rings. The van der Waals surface area contributed by atoms with E-state index < -0.39 is 0 Å². The third-order valence-electron chi connectivity index (χ3n) is 4.16. The second kappa shape index (κ2) is 6.26. The Hall–Kier alpha value is -2.23. The second-order valence-electron chi connectivity index (χ2n) is 6.06. The van der Waals surface area contributed by atoms with E-state index in [1.54, 1.807) is 0 Å². The van der Waals surface area contributed by atoms with E-state index in [1.807, 2.05) is 12.1 Å². The number of hydrogen-bond acceptors (Lipinski definition) is 4. The predicted octanol–water partition coefficient (Wildman–Crippen LogP) is 3.00. The van der Waals surface area contributed by atoms with Crippen molar-refractivity contribution < 1.29 is 0 Å². The average Bonchev–Trinajstić information content (AvgIpc) is 2.73. The number of aryl methyl sites for hydroxylation is 2. The number of hydrogen-bond donors (Lipinski definition) is 1. The fourth-order valence-electron chi connectivity index (χ4n) is 3.07. The Labute approximate surface area is 132 Å². The van der Waals surface area contributed by atoms with Crippen molar-refractivity contribution in [3.05, 3.63) is 47.7 Å². The van der Waals surface area contributed by atoms with E-state index in [-0.39, 0.29) is 0 Å². The van der Waals surface area contributed by atoms with Gasteiger partial charge in [-0.3, -0.25) is 0 Å². The first-order valence-electron chi connectivity index (χ1n) is 7.92. The quantitative estimate of drug-likeness (QED) is 0.865. The van der Waals surface area contributed by atoms with Gasteiger partial charge in [-0.25, -0.2) is 4.98 Å². The molecule has 22 heavy (non-hydrogen) atoms. The third kappa shape index (κ3) is 3.32. The highest BCUT2D eigenvalue weighted by Crippen LogP contribution is 2.21. The lowest BCUT2D eigenvalue weighted by Crippen LogP contribution is -2.31. The summed E-state index contributed by atoms with van der Waals surface area (Å²) in [6.07, 6.45) is 1.14. The highest BCUT2D eigenvalue weighted by Gasteiger charge is 2.16. The maximum atomic E-state index is 5.78. The van der Waals surface area contributed by atoms with Crippen LogP contribution < -0.4 is 15.5 Å². The smallest absolute Gasteiger partial charge is 0.129 e. The van der Waals surface area contributed by atoms with Crippen LogP contribution in [0.1, 0.15) is 17.7 Å². The maximum absolute atomic E-state index is 5.78. The molecule has 1 aromatic carbocycles. The van der Waals surface area contributed by atoms with Crippen molar-refractivity contribution in [3.8, 4) is 0 Å². The Kier molecular flexibility index (Phi) is 4.18. The lowest BCUT2D eigenvalue weighted by atomic mass is 10.2. The first-order valence-corrected chi connectivity index (χ1v) is 7.92. The van der Waals surface area contributed by atoms with Crippen molar-refractivity contribution in [2.45, 2.75) is 20.3 Å². The SMILES string of the molecule is Cc1cc(C)nc(N2CCCN(c3ccc(N)cc3)CC2)c1. The summed E-state index contributed by atoms with van der Waals surface area (Å²) in [7, 11) is 0. The number of nitrogens with two attached hydrogens (primary N) is 1. The number of rotatable bonds is 2. The van der Waals surface area contributed by atoms with Gasteiger partial charge in [-0.15, -0.1) is 0 Å². The summed E-state index contributed by atoms with van der Waals surface area (Å²) in [5, 5.41) is 0. The maximum Gasteiger partial charge on any atom is 0.129 e. The Morgan fingerprint density at radius 1 is 0.909 bits per heavy atom. The van der Waals surface area contributed by atoms with Crippen LogP contribution in [-0.2, 0) is 0 Å². The lowest BCUT2D eigenvalue weighted by Gasteiger charge is -2.24. The third-order valence-corrected chi connectivity index (χ3v) is 4.16.